The second-order valence-electron chi connectivity index (χ2n) is 3.00. The van der Waals surface area contributed by atoms with E-state index in [0.29, 0.717) is 11.2 Å². The molecule has 1 atom stereocenters. The average molecular weight is 286 g/mol. The number of alkyl halides is 4. The van der Waals surface area contributed by atoms with Gasteiger partial charge in [0.05, 0.1) is 10.6 Å². The fraction of sp³-hybridized carbons (Fsp3) is 0.333. The molecule has 1 aromatic heterocycles. The quantitative estimate of drug-likeness (QED) is 0.683. The highest BCUT2D eigenvalue weighted by Gasteiger charge is 2.30. The lowest BCUT2D eigenvalue weighted by atomic mass is 10.3. The number of hydrogen-bond acceptors (Lipinski definition) is 3. The summed E-state index contributed by atoms with van der Waals surface area (Å²) in [6.45, 7) is 0. The predicted octanol–water partition coefficient (Wildman–Crippen LogP) is 2.88. The number of carboxylic acid groups (broad SMARTS) is 1. The molecule has 0 amide bonds. The number of nitrogens with zero attached hydrogens (tertiary/aromatic N) is 1. The van der Waals surface area contributed by atoms with Crippen molar-refractivity contribution in [3.63, 3.8) is 0 Å². The van der Waals surface area contributed by atoms with Crippen LogP contribution < -0.4 is 0 Å². The van der Waals surface area contributed by atoms with E-state index in [-0.39, 0.29) is 5.75 Å². The average Bonchev–Trinajstić information content (AvgIpc) is 2.25. The second-order valence-corrected chi connectivity index (χ2v) is 4.57. The summed E-state index contributed by atoms with van der Waals surface area (Å²) in [7, 11) is 0. The number of hydrogen-bond donors (Lipinski definition) is 1. The number of thioether (sulfide) groups is 1. The van der Waals surface area contributed by atoms with Gasteiger partial charge in [0.15, 0.2) is 0 Å². The Morgan fingerprint density at radius 1 is 1.53 bits per heavy atom. The minimum absolute atomic E-state index is 0.0370. The summed E-state index contributed by atoms with van der Waals surface area (Å²) < 4.78 is 36.6. The molecule has 1 unspecified atom stereocenters. The Bertz CT molecular complexity index is 396. The zero-order chi connectivity index (χ0) is 13.1. The number of halogens is 4. The molecular formula is C9H7ClF3NO2S. The summed E-state index contributed by atoms with van der Waals surface area (Å²) in [5.74, 6) is -1.14. The first-order chi connectivity index (χ1) is 7.80. The van der Waals surface area contributed by atoms with Crippen molar-refractivity contribution in [2.45, 2.75) is 16.6 Å². The van der Waals surface area contributed by atoms with Crippen molar-refractivity contribution in [3.8, 4) is 0 Å². The molecule has 1 rings (SSSR count). The largest absolute Gasteiger partial charge is 0.480 e. The van der Waals surface area contributed by atoms with Crippen LogP contribution in [0.2, 0.25) is 0 Å². The highest BCUT2D eigenvalue weighted by molar-refractivity contribution is 7.99. The molecule has 0 saturated carbocycles. The van der Waals surface area contributed by atoms with Crippen LogP contribution in [0.25, 0.3) is 0 Å². The summed E-state index contributed by atoms with van der Waals surface area (Å²) in [4.78, 5) is 14.0. The van der Waals surface area contributed by atoms with Crippen molar-refractivity contribution in [1.29, 1.82) is 0 Å². The molecule has 8 heteroatoms. The first-order valence-electron chi connectivity index (χ1n) is 4.33. The maximum atomic E-state index is 12.2. The third-order valence-electron chi connectivity index (χ3n) is 1.71. The van der Waals surface area contributed by atoms with Crippen LogP contribution in [0.5, 0.6) is 0 Å². The molecular weight excluding hydrogens is 279 g/mol. The Morgan fingerprint density at radius 2 is 2.18 bits per heavy atom. The zero-order valence-corrected chi connectivity index (χ0v) is 9.81. The number of rotatable bonds is 4. The van der Waals surface area contributed by atoms with E-state index in [0.717, 1.165) is 17.8 Å². The van der Waals surface area contributed by atoms with Crippen molar-refractivity contribution in [3.05, 3.63) is 23.9 Å². The van der Waals surface area contributed by atoms with Crippen molar-refractivity contribution in [2.24, 2.45) is 0 Å². The van der Waals surface area contributed by atoms with Crippen molar-refractivity contribution in [2.75, 3.05) is 5.75 Å². The Labute approximate surface area is 104 Å². The van der Waals surface area contributed by atoms with Crippen molar-refractivity contribution < 1.29 is 23.1 Å². The minimum Gasteiger partial charge on any atom is -0.480 e. The molecule has 94 valence electrons. The van der Waals surface area contributed by atoms with E-state index in [1.54, 1.807) is 0 Å². The molecule has 0 bridgehead atoms. The molecule has 0 aliphatic heterocycles. The Morgan fingerprint density at radius 3 is 2.59 bits per heavy atom. The topological polar surface area (TPSA) is 50.2 Å². The highest BCUT2D eigenvalue weighted by atomic mass is 35.5. The number of carbonyl (C=O) groups is 1. The third kappa shape index (κ3) is 4.43. The van der Waals surface area contributed by atoms with Gasteiger partial charge in [-0.3, -0.25) is 4.79 Å². The monoisotopic (exact) mass is 285 g/mol. The van der Waals surface area contributed by atoms with Crippen LogP contribution >= 0.6 is 23.4 Å². The molecule has 1 heterocycles. The van der Waals surface area contributed by atoms with Gasteiger partial charge >= 0.3 is 12.1 Å². The van der Waals surface area contributed by atoms with E-state index in [1.807, 2.05) is 0 Å². The smallest absolute Gasteiger partial charge is 0.417 e. The SMILES string of the molecule is O=C(O)C(Cl)CSc1ccc(C(F)(F)F)cn1. The van der Waals surface area contributed by atoms with Crippen LogP contribution in [0, 0.1) is 0 Å². The lowest BCUT2D eigenvalue weighted by molar-refractivity contribution is -0.138. The summed E-state index contributed by atoms with van der Waals surface area (Å²) in [5.41, 5.74) is -0.845. The normalized spacial score (nSPS) is 13.4. The molecule has 0 fully saturated rings. The number of aromatic nitrogens is 1. The van der Waals surface area contributed by atoms with Crippen LogP contribution in [0.4, 0.5) is 13.2 Å². The molecule has 0 aliphatic carbocycles. The Hall–Kier alpha value is -0.950. The van der Waals surface area contributed by atoms with Gasteiger partial charge in [-0.1, -0.05) is 0 Å². The van der Waals surface area contributed by atoms with Gasteiger partial charge in [-0.05, 0) is 12.1 Å². The van der Waals surface area contributed by atoms with E-state index in [9.17, 15) is 18.0 Å². The lowest BCUT2D eigenvalue weighted by Gasteiger charge is -2.07. The number of aliphatic carboxylic acids is 1. The molecule has 0 radical (unpaired) electrons. The molecule has 0 aliphatic rings. The maximum absolute atomic E-state index is 12.2. The van der Waals surface area contributed by atoms with Gasteiger partial charge in [-0.25, -0.2) is 4.98 Å². The zero-order valence-electron chi connectivity index (χ0n) is 8.24. The standard InChI is InChI=1S/C9H7ClF3NO2S/c10-6(8(15)16)4-17-7-2-1-5(3-14-7)9(11,12)13/h1-3,6H,4H2,(H,15,16). The van der Waals surface area contributed by atoms with Crippen molar-refractivity contribution in [1.82, 2.24) is 4.98 Å². The van der Waals surface area contributed by atoms with Gasteiger partial charge in [0.1, 0.15) is 5.38 Å². The van der Waals surface area contributed by atoms with Gasteiger partial charge < -0.3 is 5.11 Å². The van der Waals surface area contributed by atoms with Crippen molar-refractivity contribution >= 4 is 29.3 Å². The molecule has 0 saturated heterocycles. The maximum Gasteiger partial charge on any atom is 0.417 e. The lowest BCUT2D eigenvalue weighted by Crippen LogP contribution is -2.15. The molecule has 0 spiro atoms. The van der Waals surface area contributed by atoms with Crippen LogP contribution in [-0.2, 0) is 11.0 Å². The Balaban J connectivity index is 2.60. The van der Waals surface area contributed by atoms with Gasteiger partial charge in [0, 0.05) is 11.9 Å². The number of pyridine rings is 1. The first-order valence-corrected chi connectivity index (χ1v) is 5.76. The minimum atomic E-state index is -4.42. The molecule has 3 nitrogen and oxygen atoms in total. The van der Waals surface area contributed by atoms with Crippen LogP contribution in [0.1, 0.15) is 5.56 Å². The fourth-order valence-corrected chi connectivity index (χ4v) is 1.80. The first kappa shape index (κ1) is 14.1. The van der Waals surface area contributed by atoms with E-state index < -0.39 is 23.1 Å². The summed E-state index contributed by atoms with van der Waals surface area (Å²) in [6.07, 6.45) is -3.72. The summed E-state index contributed by atoms with van der Waals surface area (Å²) in [6, 6.07) is 2.07. The van der Waals surface area contributed by atoms with Gasteiger partial charge in [-0.15, -0.1) is 23.4 Å². The Kier molecular flexibility index (Phi) is 4.64. The van der Waals surface area contributed by atoms with Crippen LogP contribution in [-0.4, -0.2) is 27.2 Å². The second kappa shape index (κ2) is 5.59. The fourth-order valence-electron chi connectivity index (χ4n) is 0.863. The predicted molar refractivity (Wildman–Crippen MR) is 57.2 cm³/mol. The van der Waals surface area contributed by atoms with E-state index >= 15 is 0 Å². The molecule has 1 aromatic rings. The van der Waals surface area contributed by atoms with E-state index in [4.69, 9.17) is 16.7 Å². The third-order valence-corrected chi connectivity index (χ3v) is 3.27. The van der Waals surface area contributed by atoms with Gasteiger partial charge in [0.25, 0.3) is 0 Å². The van der Waals surface area contributed by atoms with E-state index in [2.05, 4.69) is 4.98 Å². The molecule has 0 aromatic carbocycles. The molecule has 17 heavy (non-hydrogen) atoms. The summed E-state index contributed by atoms with van der Waals surface area (Å²) in [5, 5.41) is 7.70. The summed E-state index contributed by atoms with van der Waals surface area (Å²) >= 11 is 6.43. The molecule has 1 N–H and O–H groups in total. The van der Waals surface area contributed by atoms with Gasteiger partial charge in [-0.2, -0.15) is 13.2 Å². The highest BCUT2D eigenvalue weighted by Crippen LogP contribution is 2.29. The van der Waals surface area contributed by atoms with Crippen LogP contribution in [0.3, 0.4) is 0 Å². The van der Waals surface area contributed by atoms with Gasteiger partial charge in [0.2, 0.25) is 0 Å². The number of carboxylic acids is 1. The van der Waals surface area contributed by atoms with E-state index in [1.165, 1.54) is 6.07 Å². The van der Waals surface area contributed by atoms with Crippen LogP contribution in [0.15, 0.2) is 23.4 Å².